The van der Waals surface area contributed by atoms with E-state index in [9.17, 15) is 9.18 Å². The van der Waals surface area contributed by atoms with E-state index in [0.717, 1.165) is 49.9 Å². The first-order chi connectivity index (χ1) is 9.65. The molecule has 2 atom stereocenters. The SMILES string of the molecule is Cl.N[C@@H]1CCC[C@H]1CC(=O)N1CCCc2cc(F)ccc21. The van der Waals surface area contributed by atoms with E-state index in [4.69, 9.17) is 5.73 Å². The van der Waals surface area contributed by atoms with E-state index in [1.165, 1.54) is 6.07 Å². The van der Waals surface area contributed by atoms with Crippen LogP contribution in [0, 0.1) is 11.7 Å². The van der Waals surface area contributed by atoms with Crippen molar-refractivity contribution in [3.8, 4) is 0 Å². The number of benzene rings is 1. The average Bonchev–Trinajstić information content (AvgIpc) is 2.83. The zero-order valence-electron chi connectivity index (χ0n) is 12.1. The molecule has 21 heavy (non-hydrogen) atoms. The number of hydrogen-bond donors (Lipinski definition) is 1. The van der Waals surface area contributed by atoms with Crippen LogP contribution in [0.5, 0.6) is 0 Å². The number of anilines is 1. The van der Waals surface area contributed by atoms with Crippen molar-refractivity contribution in [1.82, 2.24) is 0 Å². The Bertz CT molecular complexity index is 523. The van der Waals surface area contributed by atoms with E-state index in [-0.39, 0.29) is 30.2 Å². The first-order valence-electron chi connectivity index (χ1n) is 7.49. The number of rotatable bonds is 2. The van der Waals surface area contributed by atoms with Gasteiger partial charge in [-0.15, -0.1) is 12.4 Å². The molecule has 1 amide bonds. The molecule has 2 aliphatic rings. The summed E-state index contributed by atoms with van der Waals surface area (Å²) in [5.74, 6) is 0.226. The Morgan fingerprint density at radius 1 is 1.33 bits per heavy atom. The Morgan fingerprint density at radius 2 is 2.14 bits per heavy atom. The van der Waals surface area contributed by atoms with Gasteiger partial charge in [-0.1, -0.05) is 6.42 Å². The number of halogens is 2. The fourth-order valence-corrected chi connectivity index (χ4v) is 3.48. The summed E-state index contributed by atoms with van der Waals surface area (Å²) in [6, 6.07) is 4.88. The monoisotopic (exact) mass is 312 g/mol. The Balaban J connectivity index is 0.00000161. The molecule has 0 radical (unpaired) electrons. The largest absolute Gasteiger partial charge is 0.327 e. The smallest absolute Gasteiger partial charge is 0.227 e. The van der Waals surface area contributed by atoms with Crippen molar-refractivity contribution >= 4 is 24.0 Å². The minimum absolute atomic E-state index is 0. The molecule has 116 valence electrons. The lowest BCUT2D eigenvalue weighted by Gasteiger charge is -2.30. The number of amides is 1. The third-order valence-corrected chi connectivity index (χ3v) is 4.62. The highest BCUT2D eigenvalue weighted by molar-refractivity contribution is 5.94. The van der Waals surface area contributed by atoms with Crippen molar-refractivity contribution in [2.45, 2.75) is 44.6 Å². The third kappa shape index (κ3) is 3.38. The number of hydrogen-bond acceptors (Lipinski definition) is 2. The summed E-state index contributed by atoms with van der Waals surface area (Å²) < 4.78 is 13.3. The van der Waals surface area contributed by atoms with Crippen LogP contribution in [-0.2, 0) is 11.2 Å². The molecule has 1 aliphatic heterocycles. The lowest BCUT2D eigenvalue weighted by Crippen LogP contribution is -2.38. The number of aryl methyl sites for hydroxylation is 1. The fourth-order valence-electron chi connectivity index (χ4n) is 3.48. The van der Waals surface area contributed by atoms with Crippen LogP contribution in [0.3, 0.4) is 0 Å². The standard InChI is InChI=1S/C16H21FN2O.ClH/c17-13-6-7-15-12(9-13)4-2-8-19(15)16(20)10-11-3-1-5-14(11)18;/h6-7,9,11,14H,1-5,8,10,18H2;1H/t11-,14+;/m0./s1. The van der Waals surface area contributed by atoms with Crippen molar-refractivity contribution in [2.24, 2.45) is 11.7 Å². The highest BCUT2D eigenvalue weighted by atomic mass is 35.5. The number of carbonyl (C=O) groups is 1. The third-order valence-electron chi connectivity index (χ3n) is 4.62. The van der Waals surface area contributed by atoms with Gasteiger partial charge >= 0.3 is 0 Å². The van der Waals surface area contributed by atoms with Crippen LogP contribution in [-0.4, -0.2) is 18.5 Å². The van der Waals surface area contributed by atoms with Gasteiger partial charge in [0.1, 0.15) is 5.82 Å². The molecule has 1 heterocycles. The molecule has 0 unspecified atom stereocenters. The number of nitrogens with two attached hydrogens (primary N) is 1. The molecule has 0 bridgehead atoms. The second-order valence-electron chi connectivity index (χ2n) is 5.98. The van der Waals surface area contributed by atoms with Gasteiger partial charge in [0.15, 0.2) is 0 Å². The van der Waals surface area contributed by atoms with Gasteiger partial charge < -0.3 is 10.6 Å². The van der Waals surface area contributed by atoms with Crippen LogP contribution in [0.4, 0.5) is 10.1 Å². The molecule has 3 nitrogen and oxygen atoms in total. The summed E-state index contributed by atoms with van der Waals surface area (Å²) in [5, 5.41) is 0. The summed E-state index contributed by atoms with van der Waals surface area (Å²) in [6.07, 6.45) is 5.48. The van der Waals surface area contributed by atoms with E-state index in [0.29, 0.717) is 12.3 Å². The van der Waals surface area contributed by atoms with E-state index in [2.05, 4.69) is 0 Å². The predicted molar refractivity (Wildman–Crippen MR) is 84.3 cm³/mol. The molecular formula is C16H22ClFN2O. The Labute approximate surface area is 131 Å². The summed E-state index contributed by atoms with van der Waals surface area (Å²) in [4.78, 5) is 14.3. The highest BCUT2D eigenvalue weighted by Gasteiger charge is 2.30. The molecule has 2 N–H and O–H groups in total. The quantitative estimate of drug-likeness (QED) is 0.912. The second-order valence-corrected chi connectivity index (χ2v) is 5.98. The van der Waals surface area contributed by atoms with Gasteiger partial charge in [0.25, 0.3) is 0 Å². The van der Waals surface area contributed by atoms with Crippen LogP contribution < -0.4 is 10.6 Å². The molecule has 1 fully saturated rings. The summed E-state index contributed by atoms with van der Waals surface area (Å²) in [5.41, 5.74) is 7.88. The van der Waals surface area contributed by atoms with E-state index < -0.39 is 0 Å². The van der Waals surface area contributed by atoms with Gasteiger partial charge in [-0.3, -0.25) is 4.79 Å². The Morgan fingerprint density at radius 3 is 2.86 bits per heavy atom. The molecule has 1 aromatic rings. The topological polar surface area (TPSA) is 46.3 Å². The summed E-state index contributed by atoms with van der Waals surface area (Å²) in [6.45, 7) is 0.736. The minimum atomic E-state index is -0.226. The first-order valence-corrected chi connectivity index (χ1v) is 7.49. The number of nitrogens with zero attached hydrogens (tertiary/aromatic N) is 1. The van der Waals surface area contributed by atoms with Gasteiger partial charge in [-0.05, 0) is 55.4 Å². The maximum absolute atomic E-state index is 13.3. The van der Waals surface area contributed by atoms with E-state index in [1.807, 2.05) is 4.90 Å². The molecule has 5 heteroatoms. The van der Waals surface area contributed by atoms with Crippen LogP contribution in [0.1, 0.15) is 37.7 Å². The molecule has 3 rings (SSSR count). The highest BCUT2D eigenvalue weighted by Crippen LogP contribution is 2.31. The predicted octanol–water partition coefficient (Wildman–Crippen LogP) is 3.04. The van der Waals surface area contributed by atoms with Crippen LogP contribution in [0.15, 0.2) is 18.2 Å². The molecule has 1 aliphatic carbocycles. The van der Waals surface area contributed by atoms with Crippen molar-refractivity contribution in [3.63, 3.8) is 0 Å². The molecule has 0 spiro atoms. The zero-order valence-corrected chi connectivity index (χ0v) is 12.9. The molecule has 1 aromatic carbocycles. The minimum Gasteiger partial charge on any atom is -0.327 e. The van der Waals surface area contributed by atoms with Crippen molar-refractivity contribution < 1.29 is 9.18 Å². The van der Waals surface area contributed by atoms with Crippen molar-refractivity contribution in [3.05, 3.63) is 29.6 Å². The maximum atomic E-state index is 13.3. The number of fused-ring (bicyclic) bond motifs is 1. The summed E-state index contributed by atoms with van der Waals surface area (Å²) >= 11 is 0. The lowest BCUT2D eigenvalue weighted by atomic mass is 9.97. The van der Waals surface area contributed by atoms with Crippen LogP contribution >= 0.6 is 12.4 Å². The van der Waals surface area contributed by atoms with Gasteiger partial charge in [0.05, 0.1) is 0 Å². The van der Waals surface area contributed by atoms with Gasteiger partial charge in [0.2, 0.25) is 5.91 Å². The first kappa shape index (κ1) is 16.2. The number of carbonyl (C=O) groups excluding carboxylic acids is 1. The normalized spacial score (nSPS) is 24.4. The second kappa shape index (κ2) is 6.75. The molecule has 0 aromatic heterocycles. The van der Waals surface area contributed by atoms with E-state index >= 15 is 0 Å². The van der Waals surface area contributed by atoms with Crippen LogP contribution in [0.25, 0.3) is 0 Å². The Hall–Kier alpha value is -1.13. The molecule has 1 saturated carbocycles. The lowest BCUT2D eigenvalue weighted by molar-refractivity contribution is -0.119. The van der Waals surface area contributed by atoms with E-state index in [1.54, 1.807) is 12.1 Å². The van der Waals surface area contributed by atoms with Crippen LogP contribution in [0.2, 0.25) is 0 Å². The molecule has 0 saturated heterocycles. The van der Waals surface area contributed by atoms with Crippen molar-refractivity contribution in [2.75, 3.05) is 11.4 Å². The van der Waals surface area contributed by atoms with Crippen molar-refractivity contribution in [1.29, 1.82) is 0 Å². The van der Waals surface area contributed by atoms with Gasteiger partial charge in [0, 0.05) is 24.7 Å². The zero-order chi connectivity index (χ0) is 14.1. The van der Waals surface area contributed by atoms with Gasteiger partial charge in [-0.25, -0.2) is 4.39 Å². The average molecular weight is 313 g/mol. The Kier molecular flexibility index (Phi) is 5.22. The fraction of sp³-hybridized carbons (Fsp3) is 0.562. The summed E-state index contributed by atoms with van der Waals surface area (Å²) in [7, 11) is 0. The molecular weight excluding hydrogens is 291 g/mol. The van der Waals surface area contributed by atoms with Gasteiger partial charge in [-0.2, -0.15) is 0 Å². The maximum Gasteiger partial charge on any atom is 0.227 e.